The molecule has 3 heterocycles. The van der Waals surface area contributed by atoms with Crippen LogP contribution in [0.25, 0.3) is 10.9 Å². The number of benzene rings is 1. The van der Waals surface area contributed by atoms with Gasteiger partial charge in [0.25, 0.3) is 0 Å². The van der Waals surface area contributed by atoms with Crippen LogP contribution in [0, 0.1) is 12.7 Å². The van der Waals surface area contributed by atoms with Crippen LogP contribution in [0.2, 0.25) is 0 Å². The predicted molar refractivity (Wildman–Crippen MR) is 85.4 cm³/mol. The maximum absolute atomic E-state index is 13.8. The van der Waals surface area contributed by atoms with Crippen molar-refractivity contribution >= 4 is 10.9 Å². The molecule has 0 unspecified atom stereocenters. The molecule has 1 aliphatic heterocycles. The normalized spacial score (nSPS) is 17.4. The molecule has 6 heteroatoms. The van der Waals surface area contributed by atoms with Gasteiger partial charge in [-0.15, -0.1) is 0 Å². The number of pyridine rings is 1. The SMILES string of the molecule is Cc1nc2n(n1)C[C@H](NCc1ccc(F)c3cccnc13)CC2. The van der Waals surface area contributed by atoms with E-state index < -0.39 is 0 Å². The fraction of sp³-hybridized carbons (Fsp3) is 0.353. The quantitative estimate of drug-likeness (QED) is 0.807. The lowest BCUT2D eigenvalue weighted by Gasteiger charge is -2.23. The monoisotopic (exact) mass is 311 g/mol. The topological polar surface area (TPSA) is 55.6 Å². The standard InChI is InChI=1S/C17H18FN5/c1-11-21-16-7-5-13(10-23(16)22-11)20-9-12-4-6-15(18)14-3-2-8-19-17(12)14/h2-4,6,8,13,20H,5,7,9-10H2,1H3/t13-/m1/s1. The van der Waals surface area contributed by atoms with E-state index in [0.29, 0.717) is 18.0 Å². The molecule has 0 bridgehead atoms. The summed E-state index contributed by atoms with van der Waals surface area (Å²) in [7, 11) is 0. The zero-order valence-corrected chi connectivity index (χ0v) is 13.0. The molecular formula is C17H18FN5. The summed E-state index contributed by atoms with van der Waals surface area (Å²) < 4.78 is 15.8. The zero-order valence-electron chi connectivity index (χ0n) is 13.0. The van der Waals surface area contributed by atoms with Crippen molar-refractivity contribution in [2.24, 2.45) is 0 Å². The summed E-state index contributed by atoms with van der Waals surface area (Å²) in [5, 5.41) is 8.54. The van der Waals surface area contributed by atoms with Crippen molar-refractivity contribution in [1.82, 2.24) is 25.1 Å². The van der Waals surface area contributed by atoms with Crippen molar-refractivity contribution in [3.05, 3.63) is 53.5 Å². The third kappa shape index (κ3) is 2.70. The summed E-state index contributed by atoms with van der Waals surface area (Å²) in [5.74, 6) is 1.67. The van der Waals surface area contributed by atoms with Gasteiger partial charge in [0.05, 0.1) is 12.1 Å². The second-order valence-corrected chi connectivity index (χ2v) is 5.98. The highest BCUT2D eigenvalue weighted by Crippen LogP contribution is 2.20. The average molecular weight is 311 g/mol. The third-order valence-corrected chi connectivity index (χ3v) is 4.35. The fourth-order valence-corrected chi connectivity index (χ4v) is 3.19. The lowest BCUT2D eigenvalue weighted by atomic mass is 10.1. The summed E-state index contributed by atoms with van der Waals surface area (Å²) in [6.07, 6.45) is 3.67. The molecule has 1 atom stereocenters. The lowest BCUT2D eigenvalue weighted by Crippen LogP contribution is -2.37. The van der Waals surface area contributed by atoms with Crippen LogP contribution in [0.1, 0.15) is 23.6 Å². The Labute approximate surface area is 133 Å². The van der Waals surface area contributed by atoms with E-state index in [2.05, 4.69) is 20.4 Å². The highest BCUT2D eigenvalue weighted by molar-refractivity contribution is 5.82. The molecule has 0 amide bonds. The van der Waals surface area contributed by atoms with Crippen LogP contribution in [-0.2, 0) is 19.5 Å². The highest BCUT2D eigenvalue weighted by atomic mass is 19.1. The van der Waals surface area contributed by atoms with Crippen LogP contribution in [0.5, 0.6) is 0 Å². The van der Waals surface area contributed by atoms with Crippen molar-refractivity contribution in [2.75, 3.05) is 0 Å². The molecule has 1 N–H and O–H groups in total. The summed E-state index contributed by atoms with van der Waals surface area (Å²) >= 11 is 0. The van der Waals surface area contributed by atoms with Gasteiger partial charge in [-0.3, -0.25) is 4.98 Å². The molecule has 5 nitrogen and oxygen atoms in total. The van der Waals surface area contributed by atoms with Crippen molar-refractivity contribution in [1.29, 1.82) is 0 Å². The molecule has 0 fully saturated rings. The maximum atomic E-state index is 13.8. The fourth-order valence-electron chi connectivity index (χ4n) is 3.19. The number of nitrogens with one attached hydrogen (secondary N) is 1. The number of rotatable bonds is 3. The first-order chi connectivity index (χ1) is 11.2. The highest BCUT2D eigenvalue weighted by Gasteiger charge is 2.20. The van der Waals surface area contributed by atoms with Gasteiger partial charge in [0.15, 0.2) is 0 Å². The average Bonchev–Trinajstić information content (AvgIpc) is 2.94. The molecule has 1 aliphatic rings. The van der Waals surface area contributed by atoms with Crippen molar-refractivity contribution in [3.8, 4) is 0 Å². The molecule has 3 aromatic rings. The van der Waals surface area contributed by atoms with Crippen LogP contribution >= 0.6 is 0 Å². The van der Waals surface area contributed by atoms with E-state index in [9.17, 15) is 4.39 Å². The van der Waals surface area contributed by atoms with Crippen molar-refractivity contribution in [3.63, 3.8) is 0 Å². The molecule has 0 radical (unpaired) electrons. The lowest BCUT2D eigenvalue weighted by molar-refractivity contribution is 0.358. The number of hydrogen-bond acceptors (Lipinski definition) is 4. The van der Waals surface area contributed by atoms with Crippen LogP contribution in [0.4, 0.5) is 4.39 Å². The van der Waals surface area contributed by atoms with E-state index >= 15 is 0 Å². The van der Waals surface area contributed by atoms with E-state index in [0.717, 1.165) is 42.1 Å². The summed E-state index contributed by atoms with van der Waals surface area (Å²) in [6, 6.07) is 7.20. The van der Waals surface area contributed by atoms with Crippen LogP contribution in [0.3, 0.4) is 0 Å². The molecule has 0 saturated carbocycles. The molecular weight excluding hydrogens is 293 g/mol. The first kappa shape index (κ1) is 14.3. The minimum absolute atomic E-state index is 0.225. The van der Waals surface area contributed by atoms with Gasteiger partial charge in [-0.2, -0.15) is 5.10 Å². The van der Waals surface area contributed by atoms with Gasteiger partial charge < -0.3 is 5.32 Å². The second kappa shape index (κ2) is 5.70. The Morgan fingerprint density at radius 3 is 3.17 bits per heavy atom. The Balaban J connectivity index is 1.51. The van der Waals surface area contributed by atoms with Crippen LogP contribution < -0.4 is 5.32 Å². The number of nitrogens with zero attached hydrogens (tertiary/aromatic N) is 4. The molecule has 23 heavy (non-hydrogen) atoms. The summed E-state index contributed by atoms with van der Waals surface area (Å²) in [4.78, 5) is 8.76. The predicted octanol–water partition coefficient (Wildman–Crippen LogP) is 2.38. The van der Waals surface area contributed by atoms with Gasteiger partial charge in [-0.05, 0) is 37.1 Å². The molecule has 0 saturated heterocycles. The Morgan fingerprint density at radius 2 is 2.26 bits per heavy atom. The van der Waals surface area contributed by atoms with Gasteiger partial charge in [0.2, 0.25) is 0 Å². The number of aryl methyl sites for hydroxylation is 2. The van der Waals surface area contributed by atoms with Gasteiger partial charge in [0.1, 0.15) is 17.5 Å². The summed E-state index contributed by atoms with van der Waals surface area (Å²) in [6.45, 7) is 3.41. The van der Waals surface area contributed by atoms with Gasteiger partial charge in [-0.25, -0.2) is 14.1 Å². The van der Waals surface area contributed by atoms with Gasteiger partial charge in [-0.1, -0.05) is 6.07 Å². The van der Waals surface area contributed by atoms with E-state index in [1.807, 2.05) is 17.7 Å². The largest absolute Gasteiger partial charge is 0.308 e. The molecule has 2 aromatic heterocycles. The Kier molecular flexibility index (Phi) is 3.53. The second-order valence-electron chi connectivity index (χ2n) is 5.98. The minimum atomic E-state index is -0.225. The smallest absolute Gasteiger partial charge is 0.147 e. The van der Waals surface area contributed by atoms with E-state index in [1.54, 1.807) is 18.3 Å². The van der Waals surface area contributed by atoms with E-state index in [1.165, 1.54) is 6.07 Å². The van der Waals surface area contributed by atoms with Gasteiger partial charge in [0, 0.05) is 30.6 Å². The van der Waals surface area contributed by atoms with E-state index in [-0.39, 0.29) is 5.82 Å². The van der Waals surface area contributed by atoms with Crippen LogP contribution in [0.15, 0.2) is 30.5 Å². The Bertz CT molecular complexity index is 857. The number of hydrogen-bond donors (Lipinski definition) is 1. The van der Waals surface area contributed by atoms with Crippen molar-refractivity contribution < 1.29 is 4.39 Å². The van der Waals surface area contributed by atoms with E-state index in [4.69, 9.17) is 0 Å². The molecule has 0 spiro atoms. The molecule has 118 valence electrons. The summed E-state index contributed by atoms with van der Waals surface area (Å²) in [5.41, 5.74) is 1.75. The maximum Gasteiger partial charge on any atom is 0.147 e. The zero-order chi connectivity index (χ0) is 15.8. The minimum Gasteiger partial charge on any atom is -0.308 e. The third-order valence-electron chi connectivity index (χ3n) is 4.35. The first-order valence-corrected chi connectivity index (χ1v) is 7.86. The van der Waals surface area contributed by atoms with Crippen LogP contribution in [-0.4, -0.2) is 25.8 Å². The molecule has 1 aromatic carbocycles. The number of halogens is 1. The molecule has 4 rings (SSSR count). The number of fused-ring (bicyclic) bond motifs is 2. The Hall–Kier alpha value is -2.34. The first-order valence-electron chi connectivity index (χ1n) is 7.86. The Morgan fingerprint density at radius 1 is 1.35 bits per heavy atom. The van der Waals surface area contributed by atoms with Gasteiger partial charge >= 0.3 is 0 Å². The number of aromatic nitrogens is 4. The molecule has 0 aliphatic carbocycles. The van der Waals surface area contributed by atoms with Crippen molar-refractivity contribution in [2.45, 2.75) is 38.9 Å².